The normalized spacial score (nSPS) is 21.6. The highest BCUT2D eigenvalue weighted by Gasteiger charge is 2.41. The van der Waals surface area contributed by atoms with Crippen LogP contribution in [0.5, 0.6) is 0 Å². The average Bonchev–Trinajstić information content (AvgIpc) is 2.40. The van der Waals surface area contributed by atoms with Crippen molar-refractivity contribution >= 4 is 12.4 Å². The number of alkyl halides is 2. The monoisotopic (exact) mass is 171 g/mol. The van der Waals surface area contributed by atoms with E-state index in [4.69, 9.17) is 5.73 Å². The molecule has 0 aromatic heterocycles. The lowest BCUT2D eigenvalue weighted by Gasteiger charge is -2.17. The molecule has 0 radical (unpaired) electrons. The molecule has 1 fully saturated rings. The summed E-state index contributed by atoms with van der Waals surface area (Å²) in [6.45, 7) is 0.885. The molecule has 1 aliphatic rings. The van der Waals surface area contributed by atoms with Crippen LogP contribution in [0, 0.1) is 5.92 Å². The predicted molar refractivity (Wildman–Crippen MR) is 38.6 cm³/mol. The summed E-state index contributed by atoms with van der Waals surface area (Å²) < 4.78 is 24.6. The second-order valence-corrected chi connectivity index (χ2v) is 2.82. The van der Waals surface area contributed by atoms with Crippen molar-refractivity contribution in [3.05, 3.63) is 0 Å². The van der Waals surface area contributed by atoms with Crippen molar-refractivity contribution in [1.82, 2.24) is 0 Å². The zero-order valence-electron chi connectivity index (χ0n) is 5.81. The van der Waals surface area contributed by atoms with Gasteiger partial charge in [-0.15, -0.1) is 12.4 Å². The smallest absolute Gasteiger partial charge is 0.260 e. The third-order valence-electron chi connectivity index (χ3n) is 1.72. The Morgan fingerprint density at radius 2 is 1.90 bits per heavy atom. The molecule has 1 unspecified atom stereocenters. The third-order valence-corrected chi connectivity index (χ3v) is 1.72. The summed E-state index contributed by atoms with van der Waals surface area (Å²) in [5, 5.41) is 0. The van der Waals surface area contributed by atoms with E-state index in [1.54, 1.807) is 0 Å². The Balaban J connectivity index is 0.000000810. The molecule has 1 aliphatic carbocycles. The van der Waals surface area contributed by atoms with E-state index in [-0.39, 0.29) is 18.3 Å². The molecule has 62 valence electrons. The Morgan fingerprint density at radius 1 is 1.50 bits per heavy atom. The van der Waals surface area contributed by atoms with Gasteiger partial charge in [-0.25, -0.2) is 8.78 Å². The van der Waals surface area contributed by atoms with Gasteiger partial charge in [-0.05, 0) is 18.8 Å². The summed E-state index contributed by atoms with van der Waals surface area (Å²) in [6.07, 6.45) is 1.76. The zero-order chi connectivity index (χ0) is 7.07. The van der Waals surface area contributed by atoms with Crippen LogP contribution in [0.1, 0.15) is 19.8 Å². The number of hydrogen-bond donors (Lipinski definition) is 1. The molecule has 0 heterocycles. The van der Waals surface area contributed by atoms with Crippen molar-refractivity contribution in [3.63, 3.8) is 0 Å². The fourth-order valence-corrected chi connectivity index (χ4v) is 0.869. The zero-order valence-corrected chi connectivity index (χ0v) is 6.63. The summed E-state index contributed by atoms with van der Waals surface area (Å²) in [5.74, 6) is -2.59. The average molecular weight is 172 g/mol. The van der Waals surface area contributed by atoms with Crippen LogP contribution in [0.25, 0.3) is 0 Å². The van der Waals surface area contributed by atoms with Gasteiger partial charge in [0.25, 0.3) is 5.92 Å². The van der Waals surface area contributed by atoms with E-state index in [1.807, 2.05) is 0 Å². The maximum atomic E-state index is 12.3. The van der Waals surface area contributed by atoms with Gasteiger partial charge in [0.2, 0.25) is 0 Å². The molecular formula is C6H12ClF2N. The quantitative estimate of drug-likeness (QED) is 0.674. The minimum Gasteiger partial charge on any atom is -0.322 e. The molecule has 1 nitrogen and oxygen atoms in total. The van der Waals surface area contributed by atoms with E-state index in [0.717, 1.165) is 19.8 Å². The Hall–Kier alpha value is 0.110. The van der Waals surface area contributed by atoms with Crippen LogP contribution in [0.3, 0.4) is 0 Å². The molecule has 0 spiro atoms. The Bertz CT molecular complexity index is 109. The molecule has 0 aliphatic heterocycles. The molecular weight excluding hydrogens is 160 g/mol. The Morgan fingerprint density at radius 3 is 2.00 bits per heavy atom. The first-order valence-corrected chi connectivity index (χ1v) is 3.15. The van der Waals surface area contributed by atoms with E-state index < -0.39 is 12.0 Å². The van der Waals surface area contributed by atoms with Crippen LogP contribution in [0.2, 0.25) is 0 Å². The van der Waals surface area contributed by atoms with Crippen molar-refractivity contribution < 1.29 is 8.78 Å². The van der Waals surface area contributed by atoms with Crippen molar-refractivity contribution in [2.75, 3.05) is 0 Å². The van der Waals surface area contributed by atoms with Gasteiger partial charge in [0.1, 0.15) is 0 Å². The van der Waals surface area contributed by atoms with E-state index in [1.165, 1.54) is 0 Å². The predicted octanol–water partition coefficient (Wildman–Crippen LogP) is 1.80. The second-order valence-electron chi connectivity index (χ2n) is 2.82. The molecule has 0 saturated heterocycles. The third kappa shape index (κ3) is 2.39. The highest BCUT2D eigenvalue weighted by atomic mass is 35.5. The molecule has 1 saturated carbocycles. The van der Waals surface area contributed by atoms with Crippen LogP contribution in [0.15, 0.2) is 0 Å². The van der Waals surface area contributed by atoms with E-state index in [0.29, 0.717) is 0 Å². The van der Waals surface area contributed by atoms with Gasteiger partial charge in [0.15, 0.2) is 0 Å². The van der Waals surface area contributed by atoms with Crippen molar-refractivity contribution in [2.24, 2.45) is 11.7 Å². The lowest BCUT2D eigenvalue weighted by atomic mass is 10.1. The first kappa shape index (κ1) is 10.1. The molecule has 0 amide bonds. The van der Waals surface area contributed by atoms with Gasteiger partial charge >= 0.3 is 0 Å². The first-order valence-electron chi connectivity index (χ1n) is 3.15. The van der Waals surface area contributed by atoms with Crippen molar-refractivity contribution in [1.29, 1.82) is 0 Å². The van der Waals surface area contributed by atoms with Gasteiger partial charge in [0.05, 0.1) is 6.04 Å². The molecule has 1 rings (SSSR count). The molecule has 1 atom stereocenters. The highest BCUT2D eigenvalue weighted by Crippen LogP contribution is 2.37. The van der Waals surface area contributed by atoms with Gasteiger partial charge in [0, 0.05) is 6.92 Å². The molecule has 10 heavy (non-hydrogen) atoms. The summed E-state index contributed by atoms with van der Waals surface area (Å²) in [4.78, 5) is 0. The van der Waals surface area contributed by atoms with E-state index in [2.05, 4.69) is 0 Å². The summed E-state index contributed by atoms with van der Waals surface area (Å²) in [7, 11) is 0. The van der Waals surface area contributed by atoms with Crippen LogP contribution < -0.4 is 5.73 Å². The largest absolute Gasteiger partial charge is 0.322 e. The second kappa shape index (κ2) is 3.01. The summed E-state index contributed by atoms with van der Waals surface area (Å²) in [6, 6.07) is -0.905. The topological polar surface area (TPSA) is 26.0 Å². The molecule has 2 N–H and O–H groups in total. The molecule has 0 bridgehead atoms. The molecule has 4 heteroatoms. The maximum Gasteiger partial charge on any atom is 0.260 e. The Kier molecular flexibility index (Phi) is 3.04. The van der Waals surface area contributed by atoms with Gasteiger partial charge < -0.3 is 5.73 Å². The summed E-state index contributed by atoms with van der Waals surface area (Å²) >= 11 is 0. The number of hydrogen-bond acceptors (Lipinski definition) is 1. The maximum absolute atomic E-state index is 12.3. The van der Waals surface area contributed by atoms with Gasteiger partial charge in [-0.3, -0.25) is 0 Å². The van der Waals surface area contributed by atoms with E-state index >= 15 is 0 Å². The minimum atomic E-state index is -2.68. The van der Waals surface area contributed by atoms with Crippen molar-refractivity contribution in [2.45, 2.75) is 31.7 Å². The lowest BCUT2D eigenvalue weighted by molar-refractivity contribution is -0.0121. The standard InChI is InChI=1S/C6H11F2N.ClH/c1-6(7,8)5(9)4-2-3-4;/h4-5H,2-3,9H2,1H3;1H. The van der Waals surface area contributed by atoms with Gasteiger partial charge in [-0.2, -0.15) is 0 Å². The minimum absolute atomic E-state index is 0. The molecule has 0 aromatic rings. The highest BCUT2D eigenvalue weighted by molar-refractivity contribution is 5.85. The Labute approximate surface area is 65.4 Å². The van der Waals surface area contributed by atoms with Crippen LogP contribution in [-0.2, 0) is 0 Å². The SMILES string of the molecule is CC(F)(F)C(N)C1CC1.Cl. The van der Waals surface area contributed by atoms with Gasteiger partial charge in [-0.1, -0.05) is 0 Å². The lowest BCUT2D eigenvalue weighted by Crippen LogP contribution is -2.40. The number of rotatable bonds is 2. The van der Waals surface area contributed by atoms with E-state index in [9.17, 15) is 8.78 Å². The van der Waals surface area contributed by atoms with Crippen LogP contribution in [-0.4, -0.2) is 12.0 Å². The number of nitrogens with two attached hydrogens (primary N) is 1. The van der Waals surface area contributed by atoms with Crippen LogP contribution in [0.4, 0.5) is 8.78 Å². The van der Waals surface area contributed by atoms with Crippen LogP contribution >= 0.6 is 12.4 Å². The number of halogens is 3. The summed E-state index contributed by atoms with van der Waals surface area (Å²) in [5.41, 5.74) is 5.21. The first-order chi connectivity index (χ1) is 4.02. The fourth-order valence-electron chi connectivity index (χ4n) is 0.869. The van der Waals surface area contributed by atoms with Crippen molar-refractivity contribution in [3.8, 4) is 0 Å². The molecule has 0 aromatic carbocycles. The fraction of sp³-hybridized carbons (Fsp3) is 1.00.